The number of rotatable bonds is 5. The molecule has 0 bridgehead atoms. The Balaban J connectivity index is 1.75. The van der Waals surface area contributed by atoms with Gasteiger partial charge in [-0.1, -0.05) is 72.8 Å². The van der Waals surface area contributed by atoms with Crippen LogP contribution in [0.5, 0.6) is 0 Å². The first-order chi connectivity index (χ1) is 15.8. The second-order valence-corrected chi connectivity index (χ2v) is 11.8. The molecule has 1 amide bonds. The summed E-state index contributed by atoms with van der Waals surface area (Å²) >= 11 is 0. The van der Waals surface area contributed by atoms with Crippen LogP contribution in [0.3, 0.4) is 0 Å². The fourth-order valence-corrected chi connectivity index (χ4v) is 10.00. The van der Waals surface area contributed by atoms with E-state index in [-0.39, 0.29) is 11.6 Å². The van der Waals surface area contributed by atoms with Crippen LogP contribution in [0.2, 0.25) is 0 Å². The average Bonchev–Trinajstić information content (AvgIpc) is 2.88. The monoisotopic (exact) mass is 436 g/mol. The fourth-order valence-electron chi connectivity index (χ4n) is 5.06. The molecule has 0 spiro atoms. The van der Waals surface area contributed by atoms with Gasteiger partial charge in [-0.2, -0.15) is 0 Å². The summed E-state index contributed by atoms with van der Waals surface area (Å²) in [6, 6.07) is 42.3. The molecule has 2 nitrogen and oxygen atoms in total. The Morgan fingerprint density at radius 1 is 0.594 bits per heavy atom. The summed E-state index contributed by atoms with van der Waals surface area (Å²) < 4.78 is 0. The van der Waals surface area contributed by atoms with Gasteiger partial charge < -0.3 is 4.90 Å². The Morgan fingerprint density at radius 2 is 1.00 bits per heavy atom. The quantitative estimate of drug-likeness (QED) is 0.395. The van der Waals surface area contributed by atoms with Gasteiger partial charge in [0, 0.05) is 12.2 Å². The molecule has 0 N–H and O–H groups in total. The van der Waals surface area contributed by atoms with E-state index in [1.807, 2.05) is 35.2 Å². The molecule has 4 aromatic carbocycles. The molecule has 1 aliphatic rings. The molecule has 0 unspecified atom stereocenters. The van der Waals surface area contributed by atoms with Crippen LogP contribution in [0.4, 0.5) is 5.69 Å². The molecule has 1 heterocycles. The highest BCUT2D eigenvalue weighted by atomic mass is 31.2. The molecule has 0 aliphatic carbocycles. The Labute approximate surface area is 190 Å². The number of carbonyl (C=O) groups excluding carboxylic acids is 1. The Bertz CT molecular complexity index is 1070. The summed E-state index contributed by atoms with van der Waals surface area (Å²) in [5.74, 6) is 0.243. The third-order valence-electron chi connectivity index (χ3n) is 6.44. The zero-order valence-electron chi connectivity index (χ0n) is 18.0. The van der Waals surface area contributed by atoms with E-state index in [2.05, 4.69) is 91.0 Å². The molecule has 4 aromatic rings. The molecule has 32 heavy (non-hydrogen) atoms. The molecule has 5 rings (SSSR count). The first-order valence-electron chi connectivity index (χ1n) is 11.2. The SMILES string of the molecule is O=C1[C@H]([P+](c2ccccc2)(c2ccccc2)c2ccccc2)CCCN1c1ccccc1. The van der Waals surface area contributed by atoms with Crippen molar-refractivity contribution in [3.8, 4) is 0 Å². The van der Waals surface area contributed by atoms with Crippen LogP contribution in [0.1, 0.15) is 12.8 Å². The predicted octanol–water partition coefficient (Wildman–Crippen LogP) is 5.18. The minimum Gasteiger partial charge on any atom is -0.309 e. The Hall–Kier alpha value is -3.22. The minimum absolute atomic E-state index is 0.0938. The highest BCUT2D eigenvalue weighted by molar-refractivity contribution is 7.96. The number of carbonyl (C=O) groups is 1. The van der Waals surface area contributed by atoms with Crippen molar-refractivity contribution in [3.63, 3.8) is 0 Å². The highest BCUT2D eigenvalue weighted by Crippen LogP contribution is 2.62. The van der Waals surface area contributed by atoms with E-state index in [1.54, 1.807) is 0 Å². The topological polar surface area (TPSA) is 20.3 Å². The van der Waals surface area contributed by atoms with E-state index in [0.717, 1.165) is 25.1 Å². The number of para-hydroxylation sites is 1. The van der Waals surface area contributed by atoms with Gasteiger partial charge in [0.2, 0.25) is 0 Å². The zero-order valence-corrected chi connectivity index (χ0v) is 18.9. The summed E-state index contributed by atoms with van der Waals surface area (Å²) in [5, 5.41) is 3.81. The summed E-state index contributed by atoms with van der Waals surface area (Å²) in [7, 11) is -2.23. The lowest BCUT2D eigenvalue weighted by molar-refractivity contribution is -0.119. The number of amides is 1. The van der Waals surface area contributed by atoms with Gasteiger partial charge in [0.15, 0.2) is 5.66 Å². The van der Waals surface area contributed by atoms with Gasteiger partial charge in [-0.05, 0) is 61.4 Å². The van der Waals surface area contributed by atoms with Crippen molar-refractivity contribution in [1.82, 2.24) is 0 Å². The minimum atomic E-state index is -2.23. The van der Waals surface area contributed by atoms with E-state index in [4.69, 9.17) is 0 Å². The first kappa shape index (κ1) is 20.7. The Kier molecular flexibility index (Phi) is 5.88. The third kappa shape index (κ3) is 3.55. The third-order valence-corrected chi connectivity index (χ3v) is 11.2. The first-order valence-corrected chi connectivity index (χ1v) is 13.1. The van der Waals surface area contributed by atoms with Crippen LogP contribution in [0.15, 0.2) is 121 Å². The van der Waals surface area contributed by atoms with E-state index in [9.17, 15) is 4.79 Å². The summed E-state index contributed by atoms with van der Waals surface area (Å²) in [6.45, 7) is 0.776. The van der Waals surface area contributed by atoms with Crippen molar-refractivity contribution in [2.75, 3.05) is 11.4 Å². The molecule has 1 fully saturated rings. The van der Waals surface area contributed by atoms with Gasteiger partial charge in [0.1, 0.15) is 23.2 Å². The molecular weight excluding hydrogens is 409 g/mol. The zero-order chi connectivity index (χ0) is 21.8. The van der Waals surface area contributed by atoms with Crippen molar-refractivity contribution < 1.29 is 4.79 Å². The van der Waals surface area contributed by atoms with Gasteiger partial charge in [-0.25, -0.2) is 0 Å². The molecule has 1 aliphatic heterocycles. The number of hydrogen-bond acceptors (Lipinski definition) is 1. The number of nitrogens with zero attached hydrogens (tertiary/aromatic N) is 1. The van der Waals surface area contributed by atoms with Crippen LogP contribution >= 0.6 is 7.26 Å². The second kappa shape index (κ2) is 9.10. The van der Waals surface area contributed by atoms with Crippen LogP contribution in [-0.2, 0) is 4.79 Å². The number of anilines is 1. The average molecular weight is 437 g/mol. The molecule has 1 atom stereocenters. The molecule has 1 saturated heterocycles. The predicted molar refractivity (Wildman–Crippen MR) is 137 cm³/mol. The van der Waals surface area contributed by atoms with E-state index < -0.39 is 7.26 Å². The smallest absolute Gasteiger partial charge is 0.268 e. The van der Waals surface area contributed by atoms with Crippen LogP contribution in [0.25, 0.3) is 0 Å². The van der Waals surface area contributed by atoms with Gasteiger partial charge >= 0.3 is 0 Å². The van der Waals surface area contributed by atoms with Gasteiger partial charge in [-0.15, -0.1) is 0 Å². The second-order valence-electron chi connectivity index (χ2n) is 8.21. The van der Waals surface area contributed by atoms with Crippen molar-refractivity contribution >= 4 is 34.8 Å². The number of piperidine rings is 1. The molecule has 0 aromatic heterocycles. The van der Waals surface area contributed by atoms with E-state index in [1.165, 1.54) is 15.9 Å². The Morgan fingerprint density at radius 3 is 1.44 bits per heavy atom. The standard InChI is InChI=1S/C29H27NOP/c31-29-28(22-13-23-30(29)24-14-5-1-6-15-24)32(25-16-7-2-8-17-25,26-18-9-3-10-19-26)27-20-11-4-12-21-27/h1-12,14-21,28H,13,22-23H2/q+1/t28-/m1/s1. The normalized spacial score (nSPS) is 16.7. The lowest BCUT2D eigenvalue weighted by atomic mass is 10.1. The molecule has 0 radical (unpaired) electrons. The van der Waals surface area contributed by atoms with Crippen LogP contribution < -0.4 is 20.8 Å². The van der Waals surface area contributed by atoms with Crippen molar-refractivity contribution in [2.24, 2.45) is 0 Å². The summed E-state index contributed by atoms with van der Waals surface area (Å²) in [6.07, 6.45) is 1.90. The summed E-state index contributed by atoms with van der Waals surface area (Å²) in [5.41, 5.74) is 0.901. The molecule has 0 saturated carbocycles. The summed E-state index contributed by atoms with van der Waals surface area (Å²) in [4.78, 5) is 16.3. The van der Waals surface area contributed by atoms with Crippen LogP contribution in [-0.4, -0.2) is 18.1 Å². The van der Waals surface area contributed by atoms with E-state index >= 15 is 0 Å². The van der Waals surface area contributed by atoms with Crippen molar-refractivity contribution in [1.29, 1.82) is 0 Å². The maximum atomic E-state index is 14.2. The lowest BCUT2D eigenvalue weighted by Crippen LogP contribution is -2.51. The van der Waals surface area contributed by atoms with Gasteiger partial charge in [0.25, 0.3) is 5.91 Å². The van der Waals surface area contributed by atoms with E-state index in [0.29, 0.717) is 0 Å². The number of benzene rings is 4. The van der Waals surface area contributed by atoms with Gasteiger partial charge in [0.05, 0.1) is 0 Å². The molecular formula is C29H27NOP+. The largest absolute Gasteiger partial charge is 0.309 e. The number of hydrogen-bond donors (Lipinski definition) is 0. The molecule has 158 valence electrons. The van der Waals surface area contributed by atoms with Crippen LogP contribution in [0, 0.1) is 0 Å². The molecule has 3 heteroatoms. The van der Waals surface area contributed by atoms with Crippen molar-refractivity contribution in [2.45, 2.75) is 18.5 Å². The maximum Gasteiger partial charge on any atom is 0.268 e. The maximum absolute atomic E-state index is 14.2. The van der Waals surface area contributed by atoms with Crippen molar-refractivity contribution in [3.05, 3.63) is 121 Å². The fraction of sp³-hybridized carbons (Fsp3) is 0.138. The lowest BCUT2D eigenvalue weighted by Gasteiger charge is -2.39. The highest BCUT2D eigenvalue weighted by Gasteiger charge is 2.57. The van der Waals surface area contributed by atoms with Gasteiger partial charge in [-0.3, -0.25) is 4.79 Å².